The Morgan fingerprint density at radius 1 is 1.03 bits per heavy atom. The Labute approximate surface area is 180 Å². The molecule has 0 fully saturated rings. The Balaban J connectivity index is 2.25. The minimum Gasteiger partial charge on any atom is -0.310 e. The predicted molar refractivity (Wildman–Crippen MR) is 99.3 cm³/mol. The van der Waals surface area contributed by atoms with Crippen molar-refractivity contribution >= 4 is 39.2 Å². The van der Waals surface area contributed by atoms with Crippen LogP contribution in [0.2, 0.25) is 10.0 Å². The van der Waals surface area contributed by atoms with Crippen molar-refractivity contribution < 1.29 is 30.7 Å². The minimum absolute atomic E-state index is 0.277. The highest BCUT2D eigenvalue weighted by Crippen LogP contribution is 2.69. The van der Waals surface area contributed by atoms with Gasteiger partial charge in [0.2, 0.25) is 11.6 Å². The van der Waals surface area contributed by atoms with Gasteiger partial charge in [0.05, 0.1) is 31.4 Å². The number of nitrogens with one attached hydrogen (secondary N) is 2. The molecule has 1 atom stereocenters. The largest absolute Gasteiger partial charge is 0.458 e. The van der Waals surface area contributed by atoms with E-state index < -0.39 is 65.3 Å². The van der Waals surface area contributed by atoms with Gasteiger partial charge in [-0.1, -0.05) is 23.2 Å². The summed E-state index contributed by atoms with van der Waals surface area (Å²) < 4.78 is 98.3. The van der Waals surface area contributed by atoms with E-state index in [1.807, 2.05) is 4.72 Å². The third kappa shape index (κ3) is 3.86. The number of halogens is 9. The Hall–Kier alpha value is -2.69. The van der Waals surface area contributed by atoms with Crippen LogP contribution in [-0.4, -0.2) is 20.7 Å². The van der Waals surface area contributed by atoms with Crippen LogP contribution in [0.25, 0.3) is 11.3 Å². The number of aromatic nitrogens is 3. The molecule has 1 unspecified atom stereocenters. The highest BCUT2D eigenvalue weighted by molar-refractivity contribution is 8.39. The van der Waals surface area contributed by atoms with Crippen LogP contribution in [0, 0.1) is 34.1 Å². The fraction of sp³-hybridized carbons (Fsp3) is 0.0625. The molecule has 0 aliphatic heterocycles. The lowest BCUT2D eigenvalue weighted by Gasteiger charge is -2.36. The van der Waals surface area contributed by atoms with Crippen molar-refractivity contribution in [1.82, 2.24) is 15.2 Å². The summed E-state index contributed by atoms with van der Waals surface area (Å²) in [6, 6.07) is 2.46. The fourth-order valence-corrected chi connectivity index (χ4v) is 5.51. The van der Waals surface area contributed by atoms with Crippen molar-refractivity contribution in [2.75, 3.05) is 4.72 Å². The molecular weight excluding hydrogens is 498 g/mol. The number of hydrogen-bond donors (Lipinski definition) is 2. The smallest absolute Gasteiger partial charge is 0.310 e. The lowest BCUT2D eigenvalue weighted by atomic mass is 10.1. The van der Waals surface area contributed by atoms with E-state index in [1.54, 1.807) is 0 Å². The van der Waals surface area contributed by atoms with Crippen molar-refractivity contribution in [2.45, 2.75) is 10.4 Å². The van der Waals surface area contributed by atoms with Crippen LogP contribution in [0.4, 0.5) is 36.6 Å². The summed E-state index contributed by atoms with van der Waals surface area (Å²) in [5.74, 6) is -8.54. The molecule has 1 aromatic carbocycles. The lowest BCUT2D eigenvalue weighted by molar-refractivity contribution is -0.0369. The summed E-state index contributed by atoms with van der Waals surface area (Å²) in [5.41, 5.74) is -6.85. The van der Waals surface area contributed by atoms with Gasteiger partial charge in [0.15, 0.2) is 5.82 Å². The zero-order valence-corrected chi connectivity index (χ0v) is 16.8. The third-order valence-corrected chi connectivity index (χ3v) is 7.18. The highest BCUT2D eigenvalue weighted by atomic mass is 35.5. The molecule has 2 N–H and O–H groups in total. The summed E-state index contributed by atoms with van der Waals surface area (Å²) in [6.45, 7) is 0. The average Bonchev–Trinajstić information content (AvgIpc) is 3.19. The fourth-order valence-electron chi connectivity index (χ4n) is 2.49. The maximum atomic E-state index is 14.1. The van der Waals surface area contributed by atoms with E-state index in [4.69, 9.17) is 23.2 Å². The number of anilines is 1. The molecule has 2 aromatic heterocycles. The summed E-state index contributed by atoms with van der Waals surface area (Å²) >= 11 is 11.9. The van der Waals surface area contributed by atoms with E-state index >= 15 is 0 Å². The molecule has 0 aliphatic carbocycles. The standard InChI is InChI=1S/C16H6Cl2F7N5S/c17-7-3-6(13-11(20)10(19)12(21)15(22)28-13)4-8(18)14(7)31(5-26,16(23,24)25)30-9-1-2-27-29-9/h1-4H,(H2,27,29,30). The van der Waals surface area contributed by atoms with Gasteiger partial charge < -0.3 is 4.72 Å². The molecule has 164 valence electrons. The Bertz CT molecular complexity index is 1170. The second-order valence-corrected chi connectivity index (χ2v) is 8.98. The Morgan fingerprint density at radius 2 is 1.65 bits per heavy atom. The van der Waals surface area contributed by atoms with Gasteiger partial charge in [0.25, 0.3) is 5.95 Å². The number of nitriles is 1. The van der Waals surface area contributed by atoms with E-state index in [9.17, 15) is 36.0 Å². The van der Waals surface area contributed by atoms with Crippen molar-refractivity contribution in [1.29, 1.82) is 5.26 Å². The maximum Gasteiger partial charge on any atom is 0.458 e. The van der Waals surface area contributed by atoms with E-state index in [2.05, 4.69) is 15.2 Å². The number of rotatable bonds is 4. The number of H-pyrrole nitrogens is 1. The van der Waals surface area contributed by atoms with Crippen LogP contribution >= 0.6 is 33.4 Å². The van der Waals surface area contributed by atoms with Gasteiger partial charge in [0.1, 0.15) is 16.9 Å². The number of pyridine rings is 1. The molecule has 0 aliphatic rings. The van der Waals surface area contributed by atoms with E-state index in [1.165, 1.54) is 0 Å². The van der Waals surface area contributed by atoms with Crippen LogP contribution in [0.5, 0.6) is 0 Å². The highest BCUT2D eigenvalue weighted by Gasteiger charge is 2.55. The molecule has 0 amide bonds. The molecule has 5 nitrogen and oxygen atoms in total. The number of benzene rings is 1. The Kier molecular flexibility index (Phi) is 6.01. The second kappa shape index (κ2) is 8.10. The molecule has 0 saturated heterocycles. The summed E-state index contributed by atoms with van der Waals surface area (Å²) in [4.78, 5) is 2.03. The summed E-state index contributed by atoms with van der Waals surface area (Å²) in [5, 5.41) is 14.8. The number of aromatic amines is 1. The van der Waals surface area contributed by atoms with Crippen LogP contribution in [-0.2, 0) is 0 Å². The molecule has 2 heterocycles. The van der Waals surface area contributed by atoms with Crippen molar-refractivity contribution in [3.05, 3.63) is 57.8 Å². The first-order valence-corrected chi connectivity index (χ1v) is 10.1. The lowest BCUT2D eigenvalue weighted by Crippen LogP contribution is -2.26. The van der Waals surface area contributed by atoms with Gasteiger partial charge in [-0.05, 0) is 12.1 Å². The molecule has 3 aromatic rings. The molecule has 3 rings (SSSR count). The Morgan fingerprint density at radius 3 is 2.13 bits per heavy atom. The van der Waals surface area contributed by atoms with Crippen LogP contribution < -0.4 is 4.72 Å². The first kappa shape index (κ1) is 23.0. The normalized spacial score (nSPS) is 14.6. The van der Waals surface area contributed by atoms with E-state index in [0.29, 0.717) is 12.1 Å². The van der Waals surface area contributed by atoms with Gasteiger partial charge >= 0.3 is 5.51 Å². The summed E-state index contributed by atoms with van der Waals surface area (Å²) in [7, 11) is -4.65. The van der Waals surface area contributed by atoms with Crippen LogP contribution in [0.15, 0.2) is 29.3 Å². The SMILES string of the molecule is N#CS(Nc1ccn[nH]1)(c1c(Cl)cc(-c2nc(F)c(F)c(F)c2F)cc1Cl)C(F)(F)F. The molecule has 0 spiro atoms. The van der Waals surface area contributed by atoms with Gasteiger partial charge in [-0.3, -0.25) is 5.10 Å². The topological polar surface area (TPSA) is 77.4 Å². The van der Waals surface area contributed by atoms with E-state index in [0.717, 1.165) is 17.7 Å². The molecule has 0 saturated carbocycles. The number of thiocyanates is 1. The number of nitrogens with zero attached hydrogens (tertiary/aromatic N) is 3. The minimum atomic E-state index is -5.21. The molecule has 31 heavy (non-hydrogen) atoms. The summed E-state index contributed by atoms with van der Waals surface area (Å²) in [6.07, 6.45) is 1.12. The van der Waals surface area contributed by atoms with Crippen molar-refractivity contribution in [3.8, 4) is 16.7 Å². The van der Waals surface area contributed by atoms with Crippen molar-refractivity contribution in [3.63, 3.8) is 0 Å². The van der Waals surface area contributed by atoms with Gasteiger partial charge in [-0.2, -0.15) is 32.3 Å². The van der Waals surface area contributed by atoms with E-state index in [-0.39, 0.29) is 5.82 Å². The second-order valence-electron chi connectivity index (χ2n) is 5.68. The molecule has 0 bridgehead atoms. The van der Waals surface area contributed by atoms with Crippen molar-refractivity contribution in [2.24, 2.45) is 0 Å². The molecular formula is C16H6Cl2F7N5S. The quantitative estimate of drug-likeness (QED) is 0.241. The molecule has 0 radical (unpaired) electrons. The van der Waals surface area contributed by atoms with Crippen LogP contribution in [0.1, 0.15) is 0 Å². The number of alkyl halides is 3. The third-order valence-electron chi connectivity index (χ3n) is 3.81. The first-order valence-electron chi connectivity index (χ1n) is 7.70. The predicted octanol–water partition coefficient (Wildman–Crippen LogP) is 6.53. The average molecular weight is 504 g/mol. The number of hydrogen-bond acceptors (Lipinski definition) is 4. The van der Waals surface area contributed by atoms with Gasteiger partial charge in [0, 0.05) is 11.6 Å². The zero-order valence-electron chi connectivity index (χ0n) is 14.5. The molecule has 15 heteroatoms. The van der Waals surface area contributed by atoms with Crippen LogP contribution in [0.3, 0.4) is 0 Å². The zero-order chi connectivity index (χ0) is 23.1. The van der Waals surface area contributed by atoms with Gasteiger partial charge in [-0.25, -0.2) is 13.8 Å². The monoisotopic (exact) mass is 503 g/mol. The van der Waals surface area contributed by atoms with Gasteiger partial charge in [-0.15, -0.1) is 0 Å². The first-order chi connectivity index (χ1) is 14.4. The maximum absolute atomic E-state index is 14.1.